The van der Waals surface area contributed by atoms with Gasteiger partial charge in [0.15, 0.2) is 0 Å². The molecule has 1 aromatic rings. The molecule has 0 heterocycles. The van der Waals surface area contributed by atoms with E-state index in [0.29, 0.717) is 0 Å². The summed E-state index contributed by atoms with van der Waals surface area (Å²) >= 11 is 0. The summed E-state index contributed by atoms with van der Waals surface area (Å²) in [4.78, 5) is 0. The first-order chi connectivity index (χ1) is 7.72. The Kier molecular flexibility index (Phi) is 5.50. The average molecular weight is 221 g/mol. The van der Waals surface area contributed by atoms with Crippen LogP contribution in [0.1, 0.15) is 43.9 Å². The number of ether oxygens (including phenoxy) is 1. The largest absolute Gasteiger partial charge is 0.379 e. The molecular formula is C14H23NO. The lowest BCUT2D eigenvalue weighted by Gasteiger charge is -2.22. The van der Waals surface area contributed by atoms with E-state index in [-0.39, 0.29) is 12.1 Å². The van der Waals surface area contributed by atoms with E-state index < -0.39 is 0 Å². The fourth-order valence-corrected chi connectivity index (χ4v) is 2.03. The molecule has 16 heavy (non-hydrogen) atoms. The third kappa shape index (κ3) is 3.32. The molecule has 2 nitrogen and oxygen atoms in total. The van der Waals surface area contributed by atoms with Gasteiger partial charge in [0.25, 0.3) is 0 Å². The molecule has 0 aliphatic heterocycles. The fraction of sp³-hybridized carbons (Fsp3) is 0.571. The number of methoxy groups -OCH3 is 1. The number of benzene rings is 1. The highest BCUT2D eigenvalue weighted by molar-refractivity contribution is 5.26. The van der Waals surface area contributed by atoms with Gasteiger partial charge in [-0.1, -0.05) is 44.5 Å². The zero-order valence-electron chi connectivity index (χ0n) is 10.6. The molecule has 90 valence electrons. The zero-order chi connectivity index (χ0) is 12.0. The molecule has 1 rings (SSSR count). The maximum atomic E-state index is 6.20. The number of rotatable bonds is 6. The lowest BCUT2D eigenvalue weighted by molar-refractivity contribution is 0.0772. The van der Waals surface area contributed by atoms with Gasteiger partial charge in [0, 0.05) is 7.11 Å². The second kappa shape index (κ2) is 6.66. The molecule has 0 radical (unpaired) electrons. The molecule has 1 aromatic carbocycles. The van der Waals surface area contributed by atoms with Crippen LogP contribution in [0.2, 0.25) is 0 Å². The van der Waals surface area contributed by atoms with Crippen LogP contribution in [0.3, 0.4) is 0 Å². The molecule has 0 amide bonds. The lowest BCUT2D eigenvalue weighted by Crippen LogP contribution is -2.27. The summed E-state index contributed by atoms with van der Waals surface area (Å²) in [5.74, 6) is 0. The van der Waals surface area contributed by atoms with E-state index in [0.717, 1.165) is 12.8 Å². The van der Waals surface area contributed by atoms with Gasteiger partial charge in [0.05, 0.1) is 12.1 Å². The quantitative estimate of drug-likeness (QED) is 0.801. The third-order valence-electron chi connectivity index (χ3n) is 2.98. The predicted octanol–water partition coefficient (Wildman–Crippen LogP) is 3.06. The first-order valence-electron chi connectivity index (χ1n) is 6.10. The van der Waals surface area contributed by atoms with Crippen LogP contribution < -0.4 is 5.73 Å². The Morgan fingerprint density at radius 1 is 1.31 bits per heavy atom. The minimum absolute atomic E-state index is 0.0215. The van der Waals surface area contributed by atoms with Gasteiger partial charge in [0.1, 0.15) is 0 Å². The molecule has 0 fully saturated rings. The number of hydrogen-bond donors (Lipinski definition) is 1. The molecule has 2 unspecified atom stereocenters. The Morgan fingerprint density at radius 2 is 2.06 bits per heavy atom. The topological polar surface area (TPSA) is 35.2 Å². The lowest BCUT2D eigenvalue weighted by atomic mass is 9.97. The Labute approximate surface area is 98.8 Å². The summed E-state index contributed by atoms with van der Waals surface area (Å²) in [5, 5.41) is 0. The summed E-state index contributed by atoms with van der Waals surface area (Å²) in [6.07, 6.45) is 3.33. The maximum Gasteiger partial charge on any atom is 0.0761 e. The monoisotopic (exact) mass is 221 g/mol. The van der Waals surface area contributed by atoms with Gasteiger partial charge in [-0.05, 0) is 24.0 Å². The van der Waals surface area contributed by atoms with Crippen LogP contribution in [0.4, 0.5) is 0 Å². The minimum atomic E-state index is -0.0215. The number of nitrogens with two attached hydrogens (primary N) is 1. The van der Waals surface area contributed by atoms with Crippen molar-refractivity contribution in [1.82, 2.24) is 0 Å². The van der Waals surface area contributed by atoms with Crippen molar-refractivity contribution in [1.29, 1.82) is 0 Å². The van der Waals surface area contributed by atoms with Crippen molar-refractivity contribution in [2.75, 3.05) is 7.11 Å². The highest BCUT2D eigenvalue weighted by atomic mass is 16.5. The first-order valence-corrected chi connectivity index (χ1v) is 6.10. The van der Waals surface area contributed by atoms with Crippen molar-refractivity contribution >= 4 is 0 Å². The third-order valence-corrected chi connectivity index (χ3v) is 2.98. The molecule has 0 saturated heterocycles. The van der Waals surface area contributed by atoms with Crippen molar-refractivity contribution in [2.45, 2.75) is 45.3 Å². The average Bonchev–Trinajstić information content (AvgIpc) is 2.31. The Morgan fingerprint density at radius 3 is 2.62 bits per heavy atom. The van der Waals surface area contributed by atoms with Crippen LogP contribution in [0.25, 0.3) is 0 Å². The van der Waals surface area contributed by atoms with E-state index in [1.54, 1.807) is 7.11 Å². The molecule has 0 bridgehead atoms. The SMILES string of the molecule is CCCc1cccc(C(N)C(CC)OC)c1. The Balaban J connectivity index is 2.81. The van der Waals surface area contributed by atoms with Gasteiger partial charge in [-0.3, -0.25) is 0 Å². The van der Waals surface area contributed by atoms with Crippen LogP contribution in [0, 0.1) is 0 Å². The van der Waals surface area contributed by atoms with E-state index in [9.17, 15) is 0 Å². The first kappa shape index (κ1) is 13.2. The van der Waals surface area contributed by atoms with Gasteiger partial charge < -0.3 is 10.5 Å². The highest BCUT2D eigenvalue weighted by Gasteiger charge is 2.17. The highest BCUT2D eigenvalue weighted by Crippen LogP contribution is 2.20. The Hall–Kier alpha value is -0.860. The van der Waals surface area contributed by atoms with Crippen molar-refractivity contribution in [3.05, 3.63) is 35.4 Å². The predicted molar refractivity (Wildman–Crippen MR) is 68.5 cm³/mol. The van der Waals surface area contributed by atoms with E-state index in [2.05, 4.69) is 38.1 Å². The fourth-order valence-electron chi connectivity index (χ4n) is 2.03. The van der Waals surface area contributed by atoms with Crippen LogP contribution in [-0.2, 0) is 11.2 Å². The van der Waals surface area contributed by atoms with Crippen molar-refractivity contribution < 1.29 is 4.74 Å². The van der Waals surface area contributed by atoms with E-state index >= 15 is 0 Å². The molecule has 2 N–H and O–H groups in total. The molecule has 2 atom stereocenters. The van der Waals surface area contributed by atoms with E-state index in [1.165, 1.54) is 17.5 Å². The summed E-state index contributed by atoms with van der Waals surface area (Å²) in [6.45, 7) is 4.29. The number of aryl methyl sites for hydroxylation is 1. The van der Waals surface area contributed by atoms with Crippen LogP contribution in [-0.4, -0.2) is 13.2 Å². The molecule has 0 spiro atoms. The van der Waals surface area contributed by atoms with Gasteiger partial charge in [-0.2, -0.15) is 0 Å². The van der Waals surface area contributed by atoms with E-state index in [4.69, 9.17) is 10.5 Å². The Bertz CT molecular complexity index is 307. The minimum Gasteiger partial charge on any atom is -0.379 e. The van der Waals surface area contributed by atoms with Gasteiger partial charge in [0.2, 0.25) is 0 Å². The maximum absolute atomic E-state index is 6.20. The summed E-state index contributed by atoms with van der Waals surface area (Å²) in [7, 11) is 1.73. The molecule has 2 heteroatoms. The molecule has 0 saturated carbocycles. The van der Waals surface area contributed by atoms with Gasteiger partial charge >= 0.3 is 0 Å². The van der Waals surface area contributed by atoms with E-state index in [1.807, 2.05) is 0 Å². The summed E-state index contributed by atoms with van der Waals surface area (Å²) in [5.41, 5.74) is 8.74. The van der Waals surface area contributed by atoms with Crippen LogP contribution >= 0.6 is 0 Å². The normalized spacial score (nSPS) is 14.8. The molecule has 0 aliphatic carbocycles. The standard InChI is InChI=1S/C14H23NO/c1-4-7-11-8-6-9-12(10-11)14(15)13(5-2)16-3/h6,8-10,13-14H,4-5,7,15H2,1-3H3. The van der Waals surface area contributed by atoms with Crippen molar-refractivity contribution in [3.8, 4) is 0 Å². The smallest absolute Gasteiger partial charge is 0.0761 e. The molecule has 0 aliphatic rings. The molecule has 0 aromatic heterocycles. The van der Waals surface area contributed by atoms with Gasteiger partial charge in [-0.15, -0.1) is 0 Å². The summed E-state index contributed by atoms with van der Waals surface area (Å²) < 4.78 is 5.39. The van der Waals surface area contributed by atoms with Crippen molar-refractivity contribution in [2.24, 2.45) is 5.73 Å². The second-order valence-corrected chi connectivity index (χ2v) is 4.20. The number of hydrogen-bond acceptors (Lipinski definition) is 2. The second-order valence-electron chi connectivity index (χ2n) is 4.20. The van der Waals surface area contributed by atoms with Crippen LogP contribution in [0.15, 0.2) is 24.3 Å². The summed E-state index contributed by atoms with van der Waals surface area (Å²) in [6, 6.07) is 8.52. The molecular weight excluding hydrogens is 198 g/mol. The zero-order valence-corrected chi connectivity index (χ0v) is 10.6. The van der Waals surface area contributed by atoms with Crippen LogP contribution in [0.5, 0.6) is 0 Å². The van der Waals surface area contributed by atoms with Gasteiger partial charge in [-0.25, -0.2) is 0 Å². The van der Waals surface area contributed by atoms with Crippen molar-refractivity contribution in [3.63, 3.8) is 0 Å².